The van der Waals surface area contributed by atoms with Gasteiger partial charge in [-0.3, -0.25) is 4.79 Å². The molecule has 0 aliphatic rings. The average molecular weight is 423 g/mol. The molecule has 8 heteroatoms. The Morgan fingerprint density at radius 1 is 1.04 bits per heavy atom. The van der Waals surface area contributed by atoms with Crippen molar-refractivity contribution in [1.29, 1.82) is 0 Å². The zero-order valence-corrected chi connectivity index (χ0v) is 18.2. The second kappa shape index (κ2) is 12.7. The number of hydrogen-bond acceptors (Lipinski definition) is 4. The minimum atomic E-state index is -0.157. The van der Waals surface area contributed by atoms with Gasteiger partial charge in [-0.15, -0.1) is 0 Å². The number of para-hydroxylation sites is 1. The molecule has 0 radical (unpaired) electrons. The van der Waals surface area contributed by atoms with Crippen LogP contribution in [0.4, 0.5) is 0 Å². The minimum absolute atomic E-state index is 0. The maximum atomic E-state index is 12.8. The van der Waals surface area contributed by atoms with Crippen LogP contribution in [0.15, 0.2) is 36.4 Å². The van der Waals surface area contributed by atoms with Crippen molar-refractivity contribution in [3.8, 4) is 11.5 Å². The zero-order chi connectivity index (χ0) is 18.9. The van der Waals surface area contributed by atoms with Gasteiger partial charge in [0.25, 0.3) is 0 Å². The molecule has 0 aliphatic heterocycles. The fourth-order valence-electron chi connectivity index (χ4n) is 2.25. The van der Waals surface area contributed by atoms with Crippen LogP contribution in [-0.2, 0) is 4.74 Å². The van der Waals surface area contributed by atoms with Gasteiger partial charge in [0, 0.05) is 11.9 Å². The van der Waals surface area contributed by atoms with Crippen LogP contribution in [0.5, 0.6) is 11.5 Å². The van der Waals surface area contributed by atoms with Crippen LogP contribution in [0.25, 0.3) is 0 Å². The number of carbonyl (C=O) groups excluding carboxylic acids is 1. The van der Waals surface area contributed by atoms with Crippen LogP contribution >= 0.6 is 31.8 Å². The number of benzene rings is 2. The third-order valence-corrected chi connectivity index (χ3v) is 5.13. The second-order valence-corrected chi connectivity index (χ2v) is 7.25. The molecule has 1 atom stereocenters. The first-order valence-corrected chi connectivity index (χ1v) is 10.0. The van der Waals surface area contributed by atoms with Gasteiger partial charge in [-0.05, 0) is 40.6 Å². The van der Waals surface area contributed by atoms with E-state index in [1.165, 1.54) is 0 Å². The van der Waals surface area contributed by atoms with Crippen molar-refractivity contribution in [2.75, 3.05) is 26.4 Å². The van der Waals surface area contributed by atoms with E-state index in [-0.39, 0.29) is 44.4 Å². The van der Waals surface area contributed by atoms with Crippen molar-refractivity contribution >= 4 is 42.6 Å². The summed E-state index contributed by atoms with van der Waals surface area (Å²) in [6.07, 6.45) is 0. The van der Waals surface area contributed by atoms with E-state index in [1.807, 2.05) is 38.1 Å². The standard InChI is InChI=1S/C19H21Cl2O4P.Li.H/c1-3-23-9-10-25-16-7-5-6-8-17(16)26-19(22)18-14(20)11-13(24-4-2)12-15(18)21;;/h5-8,11-12,26H,3-4,9-10H2,1-2H3;;/q;+1;-1. The second-order valence-electron chi connectivity index (χ2n) is 5.19. The molecule has 0 N–H and O–H groups in total. The molecule has 2 rings (SSSR count). The molecule has 0 fully saturated rings. The number of halogens is 2. The predicted molar refractivity (Wildman–Crippen MR) is 109 cm³/mol. The average Bonchev–Trinajstić information content (AvgIpc) is 2.59. The number of rotatable bonds is 10. The third-order valence-electron chi connectivity index (χ3n) is 3.38. The molecule has 4 nitrogen and oxygen atoms in total. The van der Waals surface area contributed by atoms with E-state index in [0.717, 1.165) is 5.30 Å². The summed E-state index contributed by atoms with van der Waals surface area (Å²) >= 11 is 12.5. The van der Waals surface area contributed by atoms with Gasteiger partial charge in [0.15, 0.2) is 5.52 Å². The van der Waals surface area contributed by atoms with Crippen molar-refractivity contribution in [1.82, 2.24) is 0 Å². The van der Waals surface area contributed by atoms with Crippen molar-refractivity contribution in [2.24, 2.45) is 0 Å². The fraction of sp³-hybridized carbons (Fsp3) is 0.316. The smallest absolute Gasteiger partial charge is 1.00 e. The third kappa shape index (κ3) is 7.31. The predicted octanol–water partition coefficient (Wildman–Crippen LogP) is 2.07. The molecular formula is C19H22Cl2LiO4P. The van der Waals surface area contributed by atoms with Crippen LogP contribution in [0, 0.1) is 0 Å². The summed E-state index contributed by atoms with van der Waals surface area (Å²) in [5, 5.41) is 1.37. The normalized spacial score (nSPS) is 10.7. The van der Waals surface area contributed by atoms with Crippen LogP contribution in [0.1, 0.15) is 25.6 Å². The monoisotopic (exact) mass is 422 g/mol. The summed E-state index contributed by atoms with van der Waals surface area (Å²) in [4.78, 5) is 12.8. The molecular weight excluding hydrogens is 401 g/mol. The van der Waals surface area contributed by atoms with Crippen molar-refractivity contribution in [3.05, 3.63) is 52.0 Å². The van der Waals surface area contributed by atoms with E-state index in [4.69, 9.17) is 37.4 Å². The van der Waals surface area contributed by atoms with Gasteiger partial charge in [0.05, 0.1) is 28.8 Å². The van der Waals surface area contributed by atoms with E-state index in [9.17, 15) is 4.79 Å². The molecule has 142 valence electrons. The van der Waals surface area contributed by atoms with Crippen molar-refractivity contribution in [2.45, 2.75) is 13.8 Å². The zero-order valence-electron chi connectivity index (χ0n) is 16.7. The molecule has 27 heavy (non-hydrogen) atoms. The van der Waals surface area contributed by atoms with Gasteiger partial charge in [-0.2, -0.15) is 0 Å². The van der Waals surface area contributed by atoms with Gasteiger partial charge in [0.2, 0.25) is 0 Å². The quantitative estimate of drug-likeness (QED) is 0.334. The Morgan fingerprint density at radius 2 is 1.70 bits per heavy atom. The molecule has 0 amide bonds. The molecule has 0 bridgehead atoms. The minimum Gasteiger partial charge on any atom is -1.00 e. The van der Waals surface area contributed by atoms with Crippen molar-refractivity contribution in [3.63, 3.8) is 0 Å². The fourth-order valence-corrected chi connectivity index (χ4v) is 4.15. The Labute approximate surface area is 185 Å². The van der Waals surface area contributed by atoms with Crippen molar-refractivity contribution < 1.29 is 39.3 Å². The van der Waals surface area contributed by atoms with Gasteiger partial charge in [-0.25, -0.2) is 0 Å². The summed E-state index contributed by atoms with van der Waals surface area (Å²) in [5.74, 6) is 1.21. The summed E-state index contributed by atoms with van der Waals surface area (Å²) in [5.41, 5.74) is 0.156. The molecule has 0 saturated heterocycles. The molecule has 0 saturated carbocycles. The first kappa shape index (κ1) is 24.3. The first-order chi connectivity index (χ1) is 12.6. The van der Waals surface area contributed by atoms with E-state index >= 15 is 0 Å². The van der Waals surface area contributed by atoms with Crippen LogP contribution in [0.3, 0.4) is 0 Å². The molecule has 1 unspecified atom stereocenters. The number of ether oxygens (including phenoxy) is 3. The SMILES string of the molecule is CCOCCOc1ccccc1PC(=O)c1c(Cl)cc(OCC)cc1Cl.[H-].[Li+]. The van der Waals surface area contributed by atoms with Gasteiger partial charge in [-0.1, -0.05) is 41.4 Å². The van der Waals surface area contributed by atoms with Crippen LogP contribution in [0.2, 0.25) is 10.0 Å². The summed E-state index contributed by atoms with van der Waals surface area (Å²) in [7, 11) is -0.157. The van der Waals surface area contributed by atoms with E-state index < -0.39 is 0 Å². The summed E-state index contributed by atoms with van der Waals surface area (Å²) in [6.45, 7) is 5.85. The molecule has 0 spiro atoms. The molecule has 0 aliphatic carbocycles. The maximum Gasteiger partial charge on any atom is 1.00 e. The Balaban J connectivity index is 0.00000364. The Hall–Kier alpha value is -0.723. The topological polar surface area (TPSA) is 44.8 Å². The van der Waals surface area contributed by atoms with Gasteiger partial charge < -0.3 is 15.6 Å². The Kier molecular flexibility index (Phi) is 11.4. The Morgan fingerprint density at radius 3 is 2.33 bits per heavy atom. The van der Waals surface area contributed by atoms with Gasteiger partial charge >= 0.3 is 18.9 Å². The molecule has 0 aromatic heterocycles. The number of hydrogen-bond donors (Lipinski definition) is 0. The van der Waals surface area contributed by atoms with Crippen LogP contribution in [-0.4, -0.2) is 32.0 Å². The van der Waals surface area contributed by atoms with Gasteiger partial charge in [0.1, 0.15) is 18.1 Å². The maximum absolute atomic E-state index is 12.8. The Bertz CT molecular complexity index is 741. The van der Waals surface area contributed by atoms with E-state index in [0.29, 0.717) is 43.5 Å². The first-order valence-electron chi connectivity index (χ1n) is 8.29. The summed E-state index contributed by atoms with van der Waals surface area (Å²) in [6, 6.07) is 10.7. The molecule has 2 aromatic carbocycles. The summed E-state index contributed by atoms with van der Waals surface area (Å²) < 4.78 is 16.4. The largest absolute Gasteiger partial charge is 1.00 e. The number of carbonyl (C=O) groups is 1. The van der Waals surface area contributed by atoms with Crippen LogP contribution < -0.4 is 33.6 Å². The van der Waals surface area contributed by atoms with E-state index in [2.05, 4.69) is 0 Å². The molecule has 2 aromatic rings. The molecule has 0 heterocycles. The van der Waals surface area contributed by atoms with E-state index in [1.54, 1.807) is 12.1 Å².